The summed E-state index contributed by atoms with van der Waals surface area (Å²) in [5, 5.41) is 3.70. The maximum atomic E-state index is 3.70. The molecule has 1 N–H and O–H groups in total. The van der Waals surface area contributed by atoms with E-state index in [0.29, 0.717) is 6.04 Å². The molecule has 2 aliphatic rings. The van der Waals surface area contributed by atoms with Crippen molar-refractivity contribution in [3.05, 3.63) is 0 Å². The second kappa shape index (κ2) is 6.19. The third-order valence-corrected chi connectivity index (χ3v) is 4.52. The molecule has 2 nitrogen and oxygen atoms in total. The second-order valence-electron chi connectivity index (χ2n) is 6.25. The van der Waals surface area contributed by atoms with E-state index in [-0.39, 0.29) is 0 Å². The van der Waals surface area contributed by atoms with Gasteiger partial charge in [0.15, 0.2) is 0 Å². The number of hydrogen-bond acceptors (Lipinski definition) is 2. The largest absolute Gasteiger partial charge is 0.313 e. The van der Waals surface area contributed by atoms with Crippen molar-refractivity contribution in [3.63, 3.8) is 0 Å². The van der Waals surface area contributed by atoms with Crippen molar-refractivity contribution in [3.8, 4) is 0 Å². The fraction of sp³-hybridized carbons (Fsp3) is 1.00. The maximum Gasteiger partial charge on any atom is 0.0195 e. The Morgan fingerprint density at radius 3 is 2.41 bits per heavy atom. The molecule has 1 aliphatic carbocycles. The number of hydrogen-bond donors (Lipinski definition) is 1. The molecule has 0 aromatic carbocycles. The number of rotatable bonds is 6. The lowest BCUT2D eigenvalue weighted by Gasteiger charge is -2.38. The van der Waals surface area contributed by atoms with Gasteiger partial charge >= 0.3 is 0 Å². The van der Waals surface area contributed by atoms with E-state index >= 15 is 0 Å². The maximum absolute atomic E-state index is 3.70. The Kier molecular flexibility index (Phi) is 4.87. The average Bonchev–Trinajstić information content (AvgIpc) is 3.14. The summed E-state index contributed by atoms with van der Waals surface area (Å²) in [5.41, 5.74) is 0. The molecule has 2 atom stereocenters. The van der Waals surface area contributed by atoms with Gasteiger partial charge in [-0.05, 0) is 58.4 Å². The topological polar surface area (TPSA) is 15.3 Å². The fourth-order valence-corrected chi connectivity index (χ4v) is 3.38. The van der Waals surface area contributed by atoms with E-state index in [1.165, 1.54) is 51.6 Å². The molecule has 2 fully saturated rings. The van der Waals surface area contributed by atoms with E-state index in [1.807, 2.05) is 0 Å². The van der Waals surface area contributed by atoms with Crippen LogP contribution in [-0.4, -0.2) is 36.1 Å². The second-order valence-corrected chi connectivity index (χ2v) is 6.25. The minimum absolute atomic E-state index is 0.698. The van der Waals surface area contributed by atoms with E-state index < -0.39 is 0 Å². The molecule has 2 unspecified atom stereocenters. The molecule has 1 aliphatic heterocycles. The molecule has 0 radical (unpaired) electrons. The Hall–Kier alpha value is -0.0800. The molecule has 0 amide bonds. The van der Waals surface area contributed by atoms with E-state index in [0.717, 1.165) is 18.0 Å². The van der Waals surface area contributed by atoms with Gasteiger partial charge in [0, 0.05) is 24.7 Å². The van der Waals surface area contributed by atoms with Crippen LogP contribution in [0, 0.1) is 5.92 Å². The molecule has 0 spiro atoms. The summed E-state index contributed by atoms with van der Waals surface area (Å²) in [5.74, 6) is 1.01. The Morgan fingerprint density at radius 2 is 1.94 bits per heavy atom. The lowest BCUT2D eigenvalue weighted by atomic mass is 10.0. The highest BCUT2D eigenvalue weighted by atomic mass is 15.2. The van der Waals surface area contributed by atoms with Crippen LogP contribution in [0.15, 0.2) is 0 Å². The molecule has 0 bridgehead atoms. The monoisotopic (exact) mass is 238 g/mol. The zero-order valence-corrected chi connectivity index (χ0v) is 11.9. The van der Waals surface area contributed by atoms with Crippen LogP contribution in [0.25, 0.3) is 0 Å². The Morgan fingerprint density at radius 1 is 1.18 bits per heavy atom. The summed E-state index contributed by atoms with van der Waals surface area (Å²) in [6.45, 7) is 9.61. The van der Waals surface area contributed by atoms with Gasteiger partial charge in [0.25, 0.3) is 0 Å². The van der Waals surface area contributed by atoms with Crippen molar-refractivity contribution >= 4 is 0 Å². The zero-order chi connectivity index (χ0) is 12.3. The van der Waals surface area contributed by atoms with Crippen molar-refractivity contribution in [1.82, 2.24) is 10.2 Å². The van der Waals surface area contributed by atoms with Crippen LogP contribution in [0.3, 0.4) is 0 Å². The summed E-state index contributed by atoms with van der Waals surface area (Å²) in [6.07, 6.45) is 8.45. The van der Waals surface area contributed by atoms with Crippen molar-refractivity contribution in [2.75, 3.05) is 13.1 Å². The standard InChI is InChI=1S/C15H30N2/c1-4-15(13-8-9-13)17(12(2)3)11-14-7-5-6-10-16-14/h12-16H,4-11H2,1-3H3. The van der Waals surface area contributed by atoms with Gasteiger partial charge in [0.2, 0.25) is 0 Å². The highest BCUT2D eigenvalue weighted by Crippen LogP contribution is 2.37. The van der Waals surface area contributed by atoms with Crippen molar-refractivity contribution in [1.29, 1.82) is 0 Å². The molecule has 0 aromatic heterocycles. The highest BCUT2D eigenvalue weighted by Gasteiger charge is 2.35. The van der Waals surface area contributed by atoms with Crippen LogP contribution in [0.2, 0.25) is 0 Å². The lowest BCUT2D eigenvalue weighted by Crippen LogP contribution is -2.50. The molecule has 0 aromatic rings. The summed E-state index contributed by atoms with van der Waals surface area (Å²) < 4.78 is 0. The fourth-order valence-electron chi connectivity index (χ4n) is 3.38. The van der Waals surface area contributed by atoms with E-state index in [4.69, 9.17) is 0 Å². The van der Waals surface area contributed by atoms with E-state index in [1.54, 1.807) is 0 Å². The van der Waals surface area contributed by atoms with Crippen LogP contribution >= 0.6 is 0 Å². The van der Waals surface area contributed by atoms with E-state index in [2.05, 4.69) is 31.0 Å². The van der Waals surface area contributed by atoms with Gasteiger partial charge in [-0.2, -0.15) is 0 Å². The minimum Gasteiger partial charge on any atom is -0.313 e. The smallest absolute Gasteiger partial charge is 0.0195 e. The van der Waals surface area contributed by atoms with Gasteiger partial charge in [0.1, 0.15) is 0 Å². The third-order valence-electron chi connectivity index (χ3n) is 4.52. The highest BCUT2D eigenvalue weighted by molar-refractivity contribution is 4.90. The van der Waals surface area contributed by atoms with Gasteiger partial charge in [-0.25, -0.2) is 0 Å². The van der Waals surface area contributed by atoms with Gasteiger partial charge in [0.05, 0.1) is 0 Å². The minimum atomic E-state index is 0.698. The molecule has 1 heterocycles. The molecular formula is C15H30N2. The number of piperidine rings is 1. The van der Waals surface area contributed by atoms with Gasteiger partial charge in [-0.15, -0.1) is 0 Å². The van der Waals surface area contributed by atoms with Gasteiger partial charge in [-0.1, -0.05) is 13.3 Å². The molecular weight excluding hydrogens is 208 g/mol. The summed E-state index contributed by atoms with van der Waals surface area (Å²) in [6, 6.07) is 2.29. The average molecular weight is 238 g/mol. The summed E-state index contributed by atoms with van der Waals surface area (Å²) in [4.78, 5) is 2.78. The quantitative estimate of drug-likeness (QED) is 0.765. The number of nitrogens with zero attached hydrogens (tertiary/aromatic N) is 1. The first kappa shape index (κ1) is 13.4. The predicted molar refractivity (Wildman–Crippen MR) is 74.3 cm³/mol. The Bertz CT molecular complexity index is 217. The zero-order valence-electron chi connectivity index (χ0n) is 11.9. The molecule has 1 saturated heterocycles. The number of nitrogens with one attached hydrogen (secondary N) is 1. The molecule has 2 heteroatoms. The molecule has 17 heavy (non-hydrogen) atoms. The first-order valence-corrected chi connectivity index (χ1v) is 7.71. The first-order valence-electron chi connectivity index (χ1n) is 7.71. The van der Waals surface area contributed by atoms with Crippen LogP contribution in [0.1, 0.15) is 59.3 Å². The normalized spacial score (nSPS) is 27.7. The Labute approximate surface area is 107 Å². The molecule has 2 rings (SSSR count). The first-order chi connectivity index (χ1) is 8.22. The SMILES string of the molecule is CCC(C1CC1)N(CC1CCCCN1)C(C)C. The Balaban J connectivity index is 1.90. The molecule has 1 saturated carbocycles. The van der Waals surface area contributed by atoms with Gasteiger partial charge in [-0.3, -0.25) is 4.90 Å². The van der Waals surface area contributed by atoms with Crippen molar-refractivity contribution in [2.45, 2.75) is 77.4 Å². The van der Waals surface area contributed by atoms with Crippen LogP contribution < -0.4 is 5.32 Å². The third kappa shape index (κ3) is 3.69. The summed E-state index contributed by atoms with van der Waals surface area (Å²) >= 11 is 0. The van der Waals surface area contributed by atoms with Crippen LogP contribution in [0.4, 0.5) is 0 Å². The van der Waals surface area contributed by atoms with Crippen molar-refractivity contribution < 1.29 is 0 Å². The summed E-state index contributed by atoms with van der Waals surface area (Å²) in [7, 11) is 0. The lowest BCUT2D eigenvalue weighted by molar-refractivity contribution is 0.111. The van der Waals surface area contributed by atoms with Gasteiger partial charge < -0.3 is 5.32 Å². The van der Waals surface area contributed by atoms with Crippen LogP contribution in [0.5, 0.6) is 0 Å². The molecule has 100 valence electrons. The van der Waals surface area contributed by atoms with Crippen molar-refractivity contribution in [2.24, 2.45) is 5.92 Å². The van der Waals surface area contributed by atoms with E-state index in [9.17, 15) is 0 Å². The predicted octanol–water partition coefficient (Wildman–Crippen LogP) is 3.03. The van der Waals surface area contributed by atoms with Crippen LogP contribution in [-0.2, 0) is 0 Å².